The predicted octanol–water partition coefficient (Wildman–Crippen LogP) is 2.78. The fourth-order valence-electron chi connectivity index (χ4n) is 1.43. The molecule has 14 heavy (non-hydrogen) atoms. The van der Waals surface area contributed by atoms with Gasteiger partial charge >= 0.3 is 0 Å². The van der Waals surface area contributed by atoms with Crippen LogP contribution in [0.3, 0.4) is 0 Å². The van der Waals surface area contributed by atoms with Crippen LogP contribution in [0, 0.1) is 6.42 Å². The van der Waals surface area contributed by atoms with Crippen LogP contribution in [0.15, 0.2) is 22.7 Å². The molecule has 2 rings (SSSR count). The van der Waals surface area contributed by atoms with Gasteiger partial charge in [-0.05, 0) is 30.2 Å². The van der Waals surface area contributed by atoms with Crippen molar-refractivity contribution in [3.63, 3.8) is 0 Å². The first-order valence-electron chi connectivity index (χ1n) is 4.00. The Morgan fingerprint density at radius 2 is 2.07 bits per heavy atom. The molecule has 1 atom stereocenters. The summed E-state index contributed by atoms with van der Waals surface area (Å²) < 4.78 is 23.5. The molecule has 1 aliphatic heterocycles. The second-order valence-corrected chi connectivity index (χ2v) is 6.71. The first-order valence-corrected chi connectivity index (χ1v) is 6.88. The maximum Gasteiger partial charge on any atom is 0.157 e. The molecule has 0 N–H and O–H groups in total. The highest BCUT2D eigenvalue weighted by Crippen LogP contribution is 2.37. The topological polar surface area (TPSA) is 34.1 Å². The van der Waals surface area contributed by atoms with E-state index in [1.54, 1.807) is 24.6 Å². The minimum absolute atomic E-state index is 0.168. The van der Waals surface area contributed by atoms with Crippen LogP contribution in [0.4, 0.5) is 0 Å². The zero-order valence-corrected chi connectivity index (χ0v) is 10.2. The Morgan fingerprint density at radius 3 is 2.50 bits per heavy atom. The molecule has 0 bridgehead atoms. The van der Waals surface area contributed by atoms with E-state index in [1.165, 1.54) is 0 Å². The third-order valence-electron chi connectivity index (χ3n) is 2.14. The molecule has 5 heteroatoms. The first kappa shape index (κ1) is 10.5. The molecule has 1 aromatic rings. The van der Waals surface area contributed by atoms with Crippen molar-refractivity contribution < 1.29 is 8.42 Å². The molecule has 1 radical (unpaired) electrons. The Balaban J connectivity index is 2.43. The van der Waals surface area contributed by atoms with E-state index < -0.39 is 15.1 Å². The highest BCUT2D eigenvalue weighted by atomic mass is 79.9. The molecular formula is C9H7BrClO2S. The van der Waals surface area contributed by atoms with Crippen LogP contribution in [0.2, 0.25) is 5.02 Å². The first-order chi connectivity index (χ1) is 6.49. The Labute approximate surface area is 96.3 Å². The Bertz CT molecular complexity index is 449. The summed E-state index contributed by atoms with van der Waals surface area (Å²) in [5.41, 5.74) is 0.732. The van der Waals surface area contributed by atoms with E-state index in [0.29, 0.717) is 5.02 Å². The van der Waals surface area contributed by atoms with Gasteiger partial charge in [0.25, 0.3) is 0 Å². The van der Waals surface area contributed by atoms with Gasteiger partial charge in [-0.25, -0.2) is 8.42 Å². The SMILES string of the molecule is O=S1(=O)C[CH]C1c1cc(Cl)cc(Br)c1. The zero-order valence-electron chi connectivity index (χ0n) is 7.07. The van der Waals surface area contributed by atoms with Gasteiger partial charge in [-0.2, -0.15) is 0 Å². The molecule has 1 fully saturated rings. The monoisotopic (exact) mass is 293 g/mol. The molecule has 0 aliphatic carbocycles. The predicted molar refractivity (Wildman–Crippen MR) is 60.0 cm³/mol. The maximum atomic E-state index is 11.4. The van der Waals surface area contributed by atoms with Crippen LogP contribution in [-0.4, -0.2) is 14.2 Å². The standard InChI is InChI=1S/C9H7BrClO2S/c10-7-3-6(4-8(11)5-7)9-1-2-14(9,12)13/h1,3-5,9H,2H2. The highest BCUT2D eigenvalue weighted by molar-refractivity contribution is 9.10. The summed E-state index contributed by atoms with van der Waals surface area (Å²) in [6.07, 6.45) is 1.77. The van der Waals surface area contributed by atoms with Gasteiger partial charge in [-0.15, -0.1) is 0 Å². The minimum Gasteiger partial charge on any atom is -0.228 e. The molecular weight excluding hydrogens is 288 g/mol. The van der Waals surface area contributed by atoms with Crippen LogP contribution in [-0.2, 0) is 9.84 Å². The van der Waals surface area contributed by atoms with E-state index in [-0.39, 0.29) is 5.75 Å². The lowest BCUT2D eigenvalue weighted by Gasteiger charge is -2.26. The van der Waals surface area contributed by atoms with E-state index in [0.717, 1.165) is 10.0 Å². The molecule has 1 heterocycles. The molecule has 1 aliphatic rings. The number of rotatable bonds is 1. The lowest BCUT2D eigenvalue weighted by molar-refractivity contribution is 0.577. The van der Waals surface area contributed by atoms with Crippen molar-refractivity contribution in [2.75, 3.05) is 5.75 Å². The van der Waals surface area contributed by atoms with Crippen molar-refractivity contribution in [2.24, 2.45) is 0 Å². The summed E-state index contributed by atoms with van der Waals surface area (Å²) in [6.45, 7) is 0. The molecule has 1 aromatic carbocycles. The van der Waals surface area contributed by atoms with E-state index in [2.05, 4.69) is 15.9 Å². The molecule has 0 amide bonds. The largest absolute Gasteiger partial charge is 0.228 e. The normalized spacial score (nSPS) is 24.3. The lowest BCUT2D eigenvalue weighted by atomic mass is 10.1. The van der Waals surface area contributed by atoms with Crippen molar-refractivity contribution in [2.45, 2.75) is 5.25 Å². The molecule has 75 valence electrons. The maximum absolute atomic E-state index is 11.4. The van der Waals surface area contributed by atoms with Crippen molar-refractivity contribution in [1.82, 2.24) is 0 Å². The van der Waals surface area contributed by atoms with Gasteiger partial charge in [0.05, 0.1) is 11.0 Å². The number of hydrogen-bond donors (Lipinski definition) is 0. The second-order valence-electron chi connectivity index (χ2n) is 3.19. The van der Waals surface area contributed by atoms with Crippen LogP contribution in [0.25, 0.3) is 0 Å². The Kier molecular flexibility index (Phi) is 2.62. The van der Waals surface area contributed by atoms with Crippen molar-refractivity contribution >= 4 is 37.4 Å². The minimum atomic E-state index is -2.94. The summed E-state index contributed by atoms with van der Waals surface area (Å²) in [6, 6.07) is 5.20. The van der Waals surface area contributed by atoms with Gasteiger partial charge in [-0.3, -0.25) is 0 Å². The summed E-state index contributed by atoms with van der Waals surface area (Å²) in [4.78, 5) is 0. The quantitative estimate of drug-likeness (QED) is 0.798. The Morgan fingerprint density at radius 1 is 1.36 bits per heavy atom. The highest BCUT2D eigenvalue weighted by Gasteiger charge is 2.37. The van der Waals surface area contributed by atoms with Gasteiger partial charge in [0.2, 0.25) is 0 Å². The second kappa shape index (κ2) is 3.51. The fraction of sp³-hybridized carbons (Fsp3) is 0.222. The van der Waals surface area contributed by atoms with Crippen LogP contribution < -0.4 is 0 Å². The summed E-state index contributed by atoms with van der Waals surface area (Å²) in [7, 11) is -2.94. The molecule has 1 saturated heterocycles. The third kappa shape index (κ3) is 1.83. The third-order valence-corrected chi connectivity index (χ3v) is 4.71. The molecule has 1 unspecified atom stereocenters. The average molecular weight is 295 g/mol. The summed E-state index contributed by atoms with van der Waals surface area (Å²) in [5.74, 6) is 0.168. The average Bonchev–Trinajstić information content (AvgIpc) is 2.00. The van der Waals surface area contributed by atoms with Crippen molar-refractivity contribution in [3.05, 3.63) is 39.7 Å². The van der Waals surface area contributed by atoms with E-state index >= 15 is 0 Å². The van der Waals surface area contributed by atoms with Gasteiger partial charge in [-0.1, -0.05) is 27.5 Å². The number of sulfone groups is 1. The summed E-state index contributed by atoms with van der Waals surface area (Å²) in [5, 5.41) is 0.0716. The van der Waals surface area contributed by atoms with Gasteiger partial charge in [0.1, 0.15) is 0 Å². The molecule has 2 nitrogen and oxygen atoms in total. The van der Waals surface area contributed by atoms with Gasteiger partial charge in [0.15, 0.2) is 9.84 Å². The number of benzene rings is 1. The summed E-state index contributed by atoms with van der Waals surface area (Å²) >= 11 is 9.11. The van der Waals surface area contributed by atoms with Gasteiger partial charge in [0, 0.05) is 9.50 Å². The van der Waals surface area contributed by atoms with Gasteiger partial charge < -0.3 is 0 Å². The zero-order chi connectivity index (χ0) is 10.3. The molecule has 0 spiro atoms. The Hall–Kier alpha value is -0.0600. The van der Waals surface area contributed by atoms with Crippen LogP contribution in [0.1, 0.15) is 10.8 Å². The lowest BCUT2D eigenvalue weighted by Crippen LogP contribution is -2.29. The number of hydrogen-bond acceptors (Lipinski definition) is 2. The van der Waals surface area contributed by atoms with Crippen LogP contribution >= 0.6 is 27.5 Å². The van der Waals surface area contributed by atoms with E-state index in [4.69, 9.17) is 11.6 Å². The smallest absolute Gasteiger partial charge is 0.157 e. The van der Waals surface area contributed by atoms with Crippen LogP contribution in [0.5, 0.6) is 0 Å². The van der Waals surface area contributed by atoms with Crippen molar-refractivity contribution in [1.29, 1.82) is 0 Å². The van der Waals surface area contributed by atoms with E-state index in [1.807, 2.05) is 0 Å². The fourth-order valence-corrected chi connectivity index (χ4v) is 3.57. The van der Waals surface area contributed by atoms with Crippen molar-refractivity contribution in [3.8, 4) is 0 Å². The molecule has 0 saturated carbocycles. The van der Waals surface area contributed by atoms with E-state index in [9.17, 15) is 8.42 Å². The molecule has 0 aromatic heterocycles. The number of halogens is 2.